The number of aromatic nitrogens is 2. The molecule has 1 N–H and O–H groups in total. The number of hydrogen-bond acceptors (Lipinski definition) is 4. The minimum Gasteiger partial charge on any atom is -0.335 e. The highest BCUT2D eigenvalue weighted by atomic mass is 16.2. The molecule has 1 aliphatic heterocycles. The Bertz CT molecular complexity index is 1160. The average molecular weight is 417 g/mol. The van der Waals surface area contributed by atoms with Crippen LogP contribution in [-0.4, -0.2) is 39.5 Å². The fourth-order valence-electron chi connectivity index (χ4n) is 4.79. The number of carbonyl (C=O) groups excluding carboxylic acids is 1. The second-order valence-corrected chi connectivity index (χ2v) is 8.80. The third kappa shape index (κ3) is 4.00. The number of fused-ring (bicyclic) bond motifs is 1. The van der Waals surface area contributed by atoms with Crippen LogP contribution < -0.4 is 10.9 Å². The maximum absolute atomic E-state index is 13.8. The Hall–Kier alpha value is -2.99. The van der Waals surface area contributed by atoms with Gasteiger partial charge in [-0.25, -0.2) is 0 Å². The highest BCUT2D eigenvalue weighted by Gasteiger charge is 2.40. The lowest BCUT2D eigenvalue weighted by Crippen LogP contribution is -2.47. The number of hydrogen-bond donors (Lipinski definition) is 1. The summed E-state index contributed by atoms with van der Waals surface area (Å²) in [6, 6.07) is 14.2. The van der Waals surface area contributed by atoms with Crippen molar-refractivity contribution in [2.45, 2.75) is 37.8 Å². The molecule has 31 heavy (non-hydrogen) atoms. The van der Waals surface area contributed by atoms with Crippen LogP contribution in [0.2, 0.25) is 0 Å². The van der Waals surface area contributed by atoms with Crippen LogP contribution in [0.4, 0.5) is 0 Å². The Morgan fingerprint density at radius 2 is 2.06 bits per heavy atom. The Morgan fingerprint density at radius 3 is 2.87 bits per heavy atom. The van der Waals surface area contributed by atoms with Gasteiger partial charge in [-0.2, -0.15) is 0 Å². The van der Waals surface area contributed by atoms with Gasteiger partial charge in [0.05, 0.1) is 11.4 Å². The second kappa shape index (κ2) is 8.27. The lowest BCUT2D eigenvalue weighted by molar-refractivity contribution is -0.138. The highest BCUT2D eigenvalue weighted by Crippen LogP contribution is 2.36. The largest absolute Gasteiger partial charge is 0.335 e. The van der Waals surface area contributed by atoms with Gasteiger partial charge in [0, 0.05) is 50.0 Å². The van der Waals surface area contributed by atoms with Crippen LogP contribution in [0.15, 0.2) is 59.7 Å². The summed E-state index contributed by atoms with van der Waals surface area (Å²) in [5, 5.41) is 4.51. The molecule has 2 aromatic heterocycles. The third-order valence-corrected chi connectivity index (χ3v) is 6.70. The molecule has 1 aliphatic carbocycles. The van der Waals surface area contributed by atoms with Gasteiger partial charge in [-0.1, -0.05) is 18.2 Å². The van der Waals surface area contributed by atoms with Crippen LogP contribution in [-0.2, 0) is 18.4 Å². The summed E-state index contributed by atoms with van der Waals surface area (Å²) >= 11 is 0. The van der Waals surface area contributed by atoms with Crippen molar-refractivity contribution in [2.24, 2.45) is 13.0 Å². The third-order valence-electron chi connectivity index (χ3n) is 6.70. The van der Waals surface area contributed by atoms with E-state index < -0.39 is 0 Å². The van der Waals surface area contributed by atoms with Crippen molar-refractivity contribution in [3.8, 4) is 0 Å². The lowest BCUT2D eigenvalue weighted by Gasteiger charge is -2.36. The molecule has 5 rings (SSSR count). The molecule has 160 valence electrons. The quantitative estimate of drug-likeness (QED) is 0.695. The van der Waals surface area contributed by atoms with E-state index in [1.807, 2.05) is 30.5 Å². The number of amides is 1. The number of benzene rings is 1. The molecule has 0 bridgehead atoms. The van der Waals surface area contributed by atoms with Gasteiger partial charge in [0.2, 0.25) is 5.91 Å². The number of nitrogens with one attached hydrogen (secondary N) is 1. The number of pyridine rings is 2. The summed E-state index contributed by atoms with van der Waals surface area (Å²) in [7, 11) is 1.76. The molecule has 1 unspecified atom stereocenters. The maximum Gasteiger partial charge on any atom is 0.250 e. The number of rotatable bonds is 5. The summed E-state index contributed by atoms with van der Waals surface area (Å²) < 4.78 is 1.58. The Balaban J connectivity index is 1.45. The molecular formula is C25H28N4O2. The molecule has 0 spiro atoms. The van der Waals surface area contributed by atoms with Crippen molar-refractivity contribution < 1.29 is 4.79 Å². The summed E-state index contributed by atoms with van der Waals surface area (Å²) in [6.07, 6.45) is 6.60. The van der Waals surface area contributed by atoms with Crippen molar-refractivity contribution in [3.63, 3.8) is 0 Å². The Labute approximate surface area is 181 Å². The van der Waals surface area contributed by atoms with Crippen molar-refractivity contribution in [1.82, 2.24) is 19.8 Å². The van der Waals surface area contributed by atoms with Gasteiger partial charge in [0.1, 0.15) is 0 Å². The van der Waals surface area contributed by atoms with Crippen LogP contribution in [0.25, 0.3) is 10.9 Å². The lowest BCUT2D eigenvalue weighted by atomic mass is 9.80. The molecule has 0 radical (unpaired) electrons. The molecule has 6 nitrogen and oxygen atoms in total. The van der Waals surface area contributed by atoms with E-state index in [1.165, 1.54) is 0 Å². The summed E-state index contributed by atoms with van der Waals surface area (Å²) in [6.45, 7) is 2.12. The van der Waals surface area contributed by atoms with Crippen molar-refractivity contribution in [1.29, 1.82) is 0 Å². The standard InChI is InChI=1S/C25H28N4O2/c1-28-13-10-17(14-24(28)30)20-9-12-26-15-22(20)25(31)29(19-7-8-19)16-18-4-2-6-23-21(18)5-3-11-27-23/h2-6,10-11,13-14,19-20,22,26H,7-9,12,15-16H2,1H3/t20?,22-/m0/s1. The van der Waals surface area contributed by atoms with E-state index >= 15 is 0 Å². The monoisotopic (exact) mass is 416 g/mol. The highest BCUT2D eigenvalue weighted by molar-refractivity contribution is 5.84. The molecule has 3 heterocycles. The molecular weight excluding hydrogens is 388 g/mol. The zero-order chi connectivity index (χ0) is 21.4. The molecule has 2 fully saturated rings. The van der Waals surface area contributed by atoms with E-state index in [-0.39, 0.29) is 23.3 Å². The normalized spacial score (nSPS) is 21.2. The fraction of sp³-hybridized carbons (Fsp3) is 0.400. The van der Waals surface area contributed by atoms with Gasteiger partial charge in [0.15, 0.2) is 0 Å². The van der Waals surface area contributed by atoms with Crippen LogP contribution in [0, 0.1) is 5.92 Å². The second-order valence-electron chi connectivity index (χ2n) is 8.80. The number of nitrogens with zero attached hydrogens (tertiary/aromatic N) is 3. The molecule has 2 aliphatic rings. The summed E-state index contributed by atoms with van der Waals surface area (Å²) in [5.74, 6) is 0.105. The Morgan fingerprint density at radius 1 is 1.19 bits per heavy atom. The van der Waals surface area contributed by atoms with Gasteiger partial charge in [0.25, 0.3) is 5.56 Å². The first-order valence-electron chi connectivity index (χ1n) is 11.1. The van der Waals surface area contributed by atoms with Crippen molar-refractivity contribution in [2.75, 3.05) is 13.1 Å². The van der Waals surface area contributed by atoms with Gasteiger partial charge >= 0.3 is 0 Å². The number of piperidine rings is 1. The molecule has 1 aromatic carbocycles. The van der Waals surface area contributed by atoms with Crippen molar-refractivity contribution >= 4 is 16.8 Å². The fourth-order valence-corrected chi connectivity index (χ4v) is 4.79. The van der Waals surface area contributed by atoms with Gasteiger partial charge in [-0.15, -0.1) is 0 Å². The minimum atomic E-state index is -0.158. The Kier molecular flexibility index (Phi) is 5.32. The first-order valence-corrected chi connectivity index (χ1v) is 11.1. The first-order chi connectivity index (χ1) is 15.1. The zero-order valence-electron chi connectivity index (χ0n) is 17.8. The average Bonchev–Trinajstić information content (AvgIpc) is 3.64. The van der Waals surface area contributed by atoms with E-state index in [1.54, 1.807) is 23.9 Å². The van der Waals surface area contributed by atoms with Gasteiger partial charge in [-0.3, -0.25) is 14.6 Å². The topological polar surface area (TPSA) is 67.2 Å². The van der Waals surface area contributed by atoms with Gasteiger partial charge in [-0.05, 0) is 61.1 Å². The maximum atomic E-state index is 13.8. The van der Waals surface area contributed by atoms with Crippen molar-refractivity contribution in [3.05, 3.63) is 76.3 Å². The molecule has 1 saturated carbocycles. The summed E-state index contributed by atoms with van der Waals surface area (Å²) in [4.78, 5) is 32.6. The molecule has 3 aromatic rings. The van der Waals surface area contributed by atoms with E-state index in [0.717, 1.165) is 47.8 Å². The first kappa shape index (κ1) is 19.9. The smallest absolute Gasteiger partial charge is 0.250 e. The van der Waals surface area contributed by atoms with Crippen LogP contribution in [0.5, 0.6) is 0 Å². The van der Waals surface area contributed by atoms with Crippen LogP contribution in [0.1, 0.15) is 36.3 Å². The summed E-state index contributed by atoms with van der Waals surface area (Å²) in [5.41, 5.74) is 3.05. The molecule has 1 saturated heterocycles. The van der Waals surface area contributed by atoms with E-state index in [4.69, 9.17) is 0 Å². The number of carbonyl (C=O) groups is 1. The van der Waals surface area contributed by atoms with E-state index in [0.29, 0.717) is 19.1 Å². The molecule has 1 amide bonds. The molecule has 6 heteroatoms. The van der Waals surface area contributed by atoms with Crippen LogP contribution >= 0.6 is 0 Å². The van der Waals surface area contributed by atoms with Gasteiger partial charge < -0.3 is 14.8 Å². The SMILES string of the molecule is Cn1ccc(C2CCNC[C@@H]2C(=O)N(Cc2cccc3ncccc23)C2CC2)cc1=O. The zero-order valence-corrected chi connectivity index (χ0v) is 17.8. The minimum absolute atomic E-state index is 0.0236. The predicted octanol–water partition coefficient (Wildman–Crippen LogP) is 2.82. The number of aryl methyl sites for hydroxylation is 1. The van der Waals surface area contributed by atoms with E-state index in [2.05, 4.69) is 27.3 Å². The van der Waals surface area contributed by atoms with Crippen LogP contribution in [0.3, 0.4) is 0 Å². The van der Waals surface area contributed by atoms with E-state index in [9.17, 15) is 9.59 Å². The predicted molar refractivity (Wildman–Crippen MR) is 121 cm³/mol. The molecule has 2 atom stereocenters.